The summed E-state index contributed by atoms with van der Waals surface area (Å²) in [5.41, 5.74) is 4.54. The van der Waals surface area contributed by atoms with Crippen LogP contribution < -0.4 is 9.64 Å². The van der Waals surface area contributed by atoms with Crippen molar-refractivity contribution in [1.29, 1.82) is 0 Å². The summed E-state index contributed by atoms with van der Waals surface area (Å²) in [4.78, 5) is 22.1. The number of benzene rings is 3. The lowest BCUT2D eigenvalue weighted by molar-refractivity contribution is -0.113. The highest BCUT2D eigenvalue weighted by atomic mass is 32.2. The van der Waals surface area contributed by atoms with E-state index in [0.29, 0.717) is 4.91 Å². The fourth-order valence-electron chi connectivity index (χ4n) is 4.04. The number of amidine groups is 1. The molecule has 0 N–H and O–H groups in total. The lowest BCUT2D eigenvalue weighted by atomic mass is 10.0. The van der Waals surface area contributed by atoms with E-state index in [2.05, 4.69) is 63.3 Å². The van der Waals surface area contributed by atoms with Crippen LogP contribution in [0.3, 0.4) is 0 Å². The van der Waals surface area contributed by atoms with E-state index in [-0.39, 0.29) is 5.91 Å². The van der Waals surface area contributed by atoms with E-state index >= 15 is 0 Å². The highest BCUT2D eigenvalue weighted by Crippen LogP contribution is 2.31. The van der Waals surface area contributed by atoms with Gasteiger partial charge in [-0.25, -0.2) is 0 Å². The second-order valence-corrected chi connectivity index (χ2v) is 8.98. The lowest BCUT2D eigenvalue weighted by Gasteiger charge is -2.36. The molecule has 5 rings (SSSR count). The molecule has 2 aliphatic heterocycles. The van der Waals surface area contributed by atoms with Gasteiger partial charge in [0.2, 0.25) is 0 Å². The second-order valence-electron chi connectivity index (χ2n) is 7.97. The number of anilines is 1. The van der Waals surface area contributed by atoms with Gasteiger partial charge in [0.15, 0.2) is 5.17 Å². The van der Waals surface area contributed by atoms with E-state index in [9.17, 15) is 4.79 Å². The number of ether oxygens (including phenoxy) is 1. The number of nitrogens with zero attached hydrogens (tertiary/aromatic N) is 3. The average Bonchev–Trinajstić information content (AvgIpc) is 3.25. The Bertz CT molecular complexity index is 1180. The number of rotatable bonds is 4. The summed E-state index contributed by atoms with van der Waals surface area (Å²) in [7, 11) is 1.68. The third kappa shape index (κ3) is 4.81. The van der Waals surface area contributed by atoms with Gasteiger partial charge < -0.3 is 14.5 Å². The fourth-order valence-corrected chi connectivity index (χ4v) is 5.00. The first-order valence-electron chi connectivity index (χ1n) is 11.0. The van der Waals surface area contributed by atoms with E-state index in [1.165, 1.54) is 23.0 Å². The summed E-state index contributed by atoms with van der Waals surface area (Å²) >= 11 is 1.48. The third-order valence-corrected chi connectivity index (χ3v) is 6.96. The van der Waals surface area contributed by atoms with Crippen molar-refractivity contribution in [2.75, 3.05) is 38.2 Å². The smallest absolute Gasteiger partial charge is 0.286 e. The molecule has 0 atom stereocenters. The van der Waals surface area contributed by atoms with Crippen LogP contribution in [-0.4, -0.2) is 49.3 Å². The topological polar surface area (TPSA) is 45.1 Å². The Labute approximate surface area is 198 Å². The molecule has 0 aromatic heterocycles. The maximum Gasteiger partial charge on any atom is 0.286 e. The zero-order valence-electron chi connectivity index (χ0n) is 18.5. The number of amides is 1. The number of aliphatic imine (C=N–C) groups is 1. The van der Waals surface area contributed by atoms with Crippen LogP contribution in [0.4, 0.5) is 5.69 Å². The van der Waals surface area contributed by atoms with E-state index < -0.39 is 0 Å². The molecule has 3 aromatic rings. The van der Waals surface area contributed by atoms with Gasteiger partial charge in [0.05, 0.1) is 12.0 Å². The highest BCUT2D eigenvalue weighted by Gasteiger charge is 2.28. The van der Waals surface area contributed by atoms with E-state index in [1.54, 1.807) is 7.11 Å². The van der Waals surface area contributed by atoms with Gasteiger partial charge in [-0.2, -0.15) is 4.99 Å². The van der Waals surface area contributed by atoms with E-state index in [0.717, 1.165) is 48.2 Å². The summed E-state index contributed by atoms with van der Waals surface area (Å²) < 4.78 is 5.25. The van der Waals surface area contributed by atoms with Crippen LogP contribution in [0.1, 0.15) is 5.56 Å². The third-order valence-electron chi connectivity index (χ3n) is 5.91. The molecule has 0 saturated carbocycles. The standard InChI is InChI=1S/C27H25N3O2S/c1-32-24-13-11-23(12-14-24)29-15-17-30(18-16-29)27-28-26(31)25(33-27)19-20-7-9-22(10-8-20)21-5-3-2-4-6-21/h2-14,19H,15-18H2,1H3/b25-19-. The van der Waals surface area contributed by atoms with E-state index in [1.807, 2.05) is 36.4 Å². The van der Waals surface area contributed by atoms with Crippen molar-refractivity contribution in [2.45, 2.75) is 0 Å². The number of carbonyl (C=O) groups excluding carboxylic acids is 1. The molecule has 3 aromatic carbocycles. The summed E-state index contributed by atoms with van der Waals surface area (Å²) in [6, 6.07) is 26.7. The maximum atomic E-state index is 12.5. The van der Waals surface area contributed by atoms with Crippen molar-refractivity contribution in [2.24, 2.45) is 4.99 Å². The zero-order chi connectivity index (χ0) is 22.6. The molecule has 0 spiro atoms. The largest absolute Gasteiger partial charge is 0.497 e. The number of hydrogen-bond acceptors (Lipinski definition) is 5. The Morgan fingerprint density at radius 1 is 0.818 bits per heavy atom. The molecule has 2 aliphatic rings. The minimum atomic E-state index is -0.153. The first-order valence-corrected chi connectivity index (χ1v) is 11.8. The summed E-state index contributed by atoms with van der Waals surface area (Å²) in [5, 5.41) is 0.807. The summed E-state index contributed by atoms with van der Waals surface area (Å²) in [6.45, 7) is 3.45. The Balaban J connectivity index is 1.20. The predicted molar refractivity (Wildman–Crippen MR) is 137 cm³/mol. The van der Waals surface area contributed by atoms with Crippen molar-refractivity contribution in [1.82, 2.24) is 4.90 Å². The van der Waals surface area contributed by atoms with Gasteiger partial charge in [0.25, 0.3) is 5.91 Å². The lowest BCUT2D eigenvalue weighted by Crippen LogP contribution is -2.47. The Hall–Kier alpha value is -3.51. The Morgan fingerprint density at radius 2 is 1.45 bits per heavy atom. The number of carbonyl (C=O) groups is 1. The van der Waals surface area contributed by atoms with Crippen LogP contribution >= 0.6 is 11.8 Å². The van der Waals surface area contributed by atoms with Crippen LogP contribution in [-0.2, 0) is 4.79 Å². The van der Waals surface area contributed by atoms with Gasteiger partial charge >= 0.3 is 0 Å². The number of piperazine rings is 1. The molecule has 5 nitrogen and oxygen atoms in total. The summed E-state index contributed by atoms with van der Waals surface area (Å²) in [6.07, 6.45) is 1.94. The zero-order valence-corrected chi connectivity index (χ0v) is 19.3. The highest BCUT2D eigenvalue weighted by molar-refractivity contribution is 8.18. The molecule has 2 heterocycles. The molecule has 1 saturated heterocycles. The van der Waals surface area contributed by atoms with Crippen LogP contribution in [0.25, 0.3) is 17.2 Å². The van der Waals surface area contributed by atoms with Crippen molar-refractivity contribution in [3.8, 4) is 16.9 Å². The normalized spacial score (nSPS) is 17.4. The first kappa shape index (κ1) is 21.3. The summed E-state index contributed by atoms with van der Waals surface area (Å²) in [5.74, 6) is 0.710. The molecule has 166 valence electrons. The van der Waals surface area contributed by atoms with Crippen LogP contribution in [0.15, 0.2) is 88.8 Å². The van der Waals surface area contributed by atoms with E-state index in [4.69, 9.17) is 4.74 Å². The number of hydrogen-bond donors (Lipinski definition) is 0. The van der Waals surface area contributed by atoms with Gasteiger partial charge in [-0.3, -0.25) is 4.79 Å². The molecule has 6 heteroatoms. The fraction of sp³-hybridized carbons (Fsp3) is 0.185. The second kappa shape index (κ2) is 9.55. The van der Waals surface area contributed by atoms with Gasteiger partial charge in [-0.1, -0.05) is 54.6 Å². The molecular weight excluding hydrogens is 430 g/mol. The average molecular weight is 456 g/mol. The monoisotopic (exact) mass is 455 g/mol. The Morgan fingerprint density at radius 3 is 2.12 bits per heavy atom. The molecule has 1 fully saturated rings. The molecule has 0 aliphatic carbocycles. The number of methoxy groups -OCH3 is 1. The van der Waals surface area contributed by atoms with Crippen molar-refractivity contribution < 1.29 is 9.53 Å². The molecule has 1 amide bonds. The quantitative estimate of drug-likeness (QED) is 0.509. The van der Waals surface area contributed by atoms with Crippen LogP contribution in [0.2, 0.25) is 0 Å². The van der Waals surface area contributed by atoms with Gasteiger partial charge in [-0.15, -0.1) is 0 Å². The first-order chi connectivity index (χ1) is 16.2. The SMILES string of the molecule is COc1ccc(N2CCN(C3=NC(=O)/C(=C/c4ccc(-c5ccccc5)cc4)S3)CC2)cc1. The van der Waals surface area contributed by atoms with Crippen molar-refractivity contribution in [3.63, 3.8) is 0 Å². The molecular formula is C27H25N3O2S. The van der Waals surface area contributed by atoms with Gasteiger partial charge in [-0.05, 0) is 58.8 Å². The maximum absolute atomic E-state index is 12.5. The molecule has 33 heavy (non-hydrogen) atoms. The predicted octanol–water partition coefficient (Wildman–Crippen LogP) is 5.15. The van der Waals surface area contributed by atoms with Gasteiger partial charge in [0.1, 0.15) is 5.75 Å². The van der Waals surface area contributed by atoms with Crippen LogP contribution in [0.5, 0.6) is 5.75 Å². The minimum absolute atomic E-state index is 0.153. The van der Waals surface area contributed by atoms with Gasteiger partial charge in [0, 0.05) is 31.9 Å². The Kier molecular flexibility index (Phi) is 6.17. The molecule has 0 unspecified atom stereocenters. The van der Waals surface area contributed by atoms with Crippen molar-refractivity contribution in [3.05, 3.63) is 89.3 Å². The van der Waals surface area contributed by atoms with Crippen LogP contribution in [0, 0.1) is 0 Å². The van der Waals surface area contributed by atoms with Crippen molar-refractivity contribution >= 4 is 34.6 Å². The molecule has 0 radical (unpaired) electrons. The minimum Gasteiger partial charge on any atom is -0.497 e. The number of thioether (sulfide) groups is 1. The molecule has 0 bridgehead atoms.